The van der Waals surface area contributed by atoms with Crippen LogP contribution in [0.1, 0.15) is 0 Å². The number of anilines is 3. The van der Waals surface area contributed by atoms with Gasteiger partial charge in [0.25, 0.3) is 0 Å². The molecule has 256 valence electrons. The van der Waals surface area contributed by atoms with Gasteiger partial charge in [-0.3, -0.25) is 10.2 Å². The van der Waals surface area contributed by atoms with E-state index in [-0.39, 0.29) is 56.7 Å². The van der Waals surface area contributed by atoms with Crippen LogP contribution in [-0.4, -0.2) is 40.3 Å². The third-order valence-corrected chi connectivity index (χ3v) is 7.17. The summed E-state index contributed by atoms with van der Waals surface area (Å²) in [5, 5.41) is 16.7. The van der Waals surface area contributed by atoms with E-state index in [0.717, 1.165) is 12.1 Å². The molecule has 0 amide bonds. The fourth-order valence-electron chi connectivity index (χ4n) is 4.63. The van der Waals surface area contributed by atoms with E-state index in [4.69, 9.17) is 17.3 Å². The van der Waals surface area contributed by atoms with E-state index in [2.05, 4.69) is 45.6 Å². The van der Waals surface area contributed by atoms with Crippen LogP contribution in [0.3, 0.4) is 0 Å². The number of nitrogen functional groups attached to an aromatic ring is 1. The minimum absolute atomic E-state index is 0.0227. The molecule has 17 heteroatoms. The zero-order valence-electron chi connectivity index (χ0n) is 25.6. The molecule has 0 radical (unpaired) electrons. The van der Waals surface area contributed by atoms with Gasteiger partial charge >= 0.3 is 0 Å². The van der Waals surface area contributed by atoms with E-state index in [9.17, 15) is 26.3 Å². The summed E-state index contributed by atoms with van der Waals surface area (Å²) in [4.78, 5) is 15.9. The summed E-state index contributed by atoms with van der Waals surface area (Å²) in [5.41, 5.74) is 6.90. The van der Waals surface area contributed by atoms with Crippen molar-refractivity contribution in [1.29, 1.82) is 0 Å². The molecule has 4 aromatic carbocycles. The number of aromatic amines is 2. The molecule has 0 unspecified atom stereocenters. The van der Waals surface area contributed by atoms with Crippen LogP contribution in [0.2, 0.25) is 5.28 Å². The van der Waals surface area contributed by atoms with E-state index in [1.54, 1.807) is 0 Å². The molecule has 51 heavy (non-hydrogen) atoms. The number of nitrogens with zero attached hydrogens (tertiary/aromatic N) is 6. The molecule has 0 aliphatic carbocycles. The molecule has 0 saturated heterocycles. The topological polar surface area (TPSA) is 147 Å². The third kappa shape index (κ3) is 7.86. The second-order valence-corrected chi connectivity index (χ2v) is 10.7. The molecule has 0 atom stereocenters. The smallest absolute Gasteiger partial charge is 0.229 e. The van der Waals surface area contributed by atoms with Crippen molar-refractivity contribution in [2.45, 2.75) is 0 Å². The van der Waals surface area contributed by atoms with Crippen molar-refractivity contribution in [2.75, 3.05) is 11.1 Å². The van der Waals surface area contributed by atoms with Gasteiger partial charge < -0.3 is 11.1 Å². The summed E-state index contributed by atoms with van der Waals surface area (Å²) >= 11 is 5.61. The number of rotatable bonds is 4. The number of hydrogen-bond donors (Lipinski definition) is 4. The van der Waals surface area contributed by atoms with Gasteiger partial charge in [0.05, 0.1) is 33.3 Å². The summed E-state index contributed by atoms with van der Waals surface area (Å²) < 4.78 is 80.2. The first-order chi connectivity index (χ1) is 24.6. The van der Waals surface area contributed by atoms with Gasteiger partial charge in [0.1, 0.15) is 34.9 Å². The number of fused-ring (bicyclic) bond motifs is 2. The Balaban J connectivity index is 0.000000150. The number of hydrogen-bond acceptors (Lipinski definition) is 8. The number of nitrogens with two attached hydrogens (primary N) is 1. The lowest BCUT2D eigenvalue weighted by Gasteiger charge is -2.05. The lowest BCUT2D eigenvalue weighted by molar-refractivity contribution is 0.588. The minimum Gasteiger partial charge on any atom is -0.399 e. The molecule has 0 aliphatic rings. The molecule has 8 rings (SSSR count). The second-order valence-electron chi connectivity index (χ2n) is 10.4. The van der Waals surface area contributed by atoms with Crippen LogP contribution in [0.15, 0.2) is 97.3 Å². The van der Waals surface area contributed by atoms with Gasteiger partial charge in [0, 0.05) is 23.8 Å². The molecule has 0 bridgehead atoms. The zero-order chi connectivity index (χ0) is 36.1. The Bertz CT molecular complexity index is 2390. The first kappa shape index (κ1) is 34.3. The minimum atomic E-state index is -0.709. The van der Waals surface area contributed by atoms with Crippen molar-refractivity contribution in [1.82, 2.24) is 40.3 Å². The summed E-state index contributed by atoms with van der Waals surface area (Å²) in [6.07, 6.45) is 2.79. The van der Waals surface area contributed by atoms with Gasteiger partial charge in [-0.2, -0.15) is 20.2 Å². The van der Waals surface area contributed by atoms with Crippen molar-refractivity contribution < 1.29 is 26.3 Å². The lowest BCUT2D eigenvalue weighted by Crippen LogP contribution is -1.97. The molecule has 10 nitrogen and oxygen atoms in total. The maximum atomic E-state index is 14.0. The Hall–Kier alpha value is -6.55. The highest BCUT2D eigenvalue weighted by atomic mass is 35.5. The molecular formula is C34H21ClF6N10. The van der Waals surface area contributed by atoms with E-state index < -0.39 is 23.3 Å². The highest BCUT2D eigenvalue weighted by Crippen LogP contribution is 2.31. The summed E-state index contributed by atoms with van der Waals surface area (Å²) in [6, 6.07) is 18.6. The predicted octanol–water partition coefficient (Wildman–Crippen LogP) is 8.54. The van der Waals surface area contributed by atoms with Gasteiger partial charge in [0.2, 0.25) is 11.2 Å². The molecule has 0 fully saturated rings. The summed E-state index contributed by atoms with van der Waals surface area (Å²) in [6.45, 7) is 0. The SMILES string of the molecule is Fc1ccc(Nc2ncc3c(-c4c(F)cccc4F)[nH]nc3n2)cc1.Fc1cccc(F)c1-c1[nH]nc2nc(Cl)ncc12.Nc1ccc(F)cc1. The summed E-state index contributed by atoms with van der Waals surface area (Å²) in [7, 11) is 0. The number of aromatic nitrogens is 8. The van der Waals surface area contributed by atoms with E-state index >= 15 is 0 Å². The Morgan fingerprint density at radius 3 is 1.51 bits per heavy atom. The van der Waals surface area contributed by atoms with Crippen LogP contribution in [0.4, 0.5) is 43.7 Å². The Morgan fingerprint density at radius 1 is 0.569 bits per heavy atom. The third-order valence-electron chi connectivity index (χ3n) is 6.99. The first-order valence-corrected chi connectivity index (χ1v) is 15.0. The van der Waals surface area contributed by atoms with E-state index in [1.807, 2.05) is 0 Å². The number of halogens is 7. The standard InChI is InChI=1S/C17H10F3N5.C11H5ClF2N4.C6H6FN/c18-9-4-6-10(7-5-9)22-17-21-8-11-15(24-25-16(11)23-17)14-12(19)2-1-3-13(14)20;12-11-15-4-5-9(17-18-10(5)16-11)8-6(13)2-1-3-7(8)14;7-5-1-3-6(8)4-2-5/h1-8H,(H2,21,22,23,24,25);1-4H,(H,15,16,17,18);1-4H,8H2. The van der Waals surface area contributed by atoms with E-state index in [1.165, 1.54) is 85.2 Å². The molecule has 4 aromatic heterocycles. The number of H-pyrrole nitrogens is 2. The number of nitrogens with one attached hydrogen (secondary N) is 3. The fraction of sp³-hybridized carbons (Fsp3) is 0. The fourth-order valence-corrected chi connectivity index (χ4v) is 4.75. The lowest BCUT2D eigenvalue weighted by atomic mass is 10.1. The zero-order valence-corrected chi connectivity index (χ0v) is 26.4. The van der Waals surface area contributed by atoms with Crippen molar-refractivity contribution in [3.05, 3.63) is 138 Å². The molecule has 0 aliphatic heterocycles. The highest BCUT2D eigenvalue weighted by Gasteiger charge is 2.19. The Morgan fingerprint density at radius 2 is 1.02 bits per heavy atom. The Kier molecular flexibility index (Phi) is 10.0. The molecular weight excluding hydrogens is 698 g/mol. The molecule has 8 aromatic rings. The van der Waals surface area contributed by atoms with Crippen LogP contribution in [0, 0.1) is 34.9 Å². The van der Waals surface area contributed by atoms with E-state index in [0.29, 0.717) is 22.1 Å². The monoisotopic (exact) mass is 718 g/mol. The van der Waals surface area contributed by atoms with Crippen LogP contribution in [0.25, 0.3) is 44.6 Å². The van der Waals surface area contributed by atoms with Crippen molar-refractivity contribution >= 4 is 51.0 Å². The highest BCUT2D eigenvalue weighted by molar-refractivity contribution is 6.28. The molecule has 0 spiro atoms. The van der Waals surface area contributed by atoms with Crippen LogP contribution < -0.4 is 11.1 Å². The van der Waals surface area contributed by atoms with Gasteiger partial charge in [-0.05, 0) is 84.4 Å². The van der Waals surface area contributed by atoms with Crippen molar-refractivity contribution in [3.8, 4) is 22.5 Å². The predicted molar refractivity (Wildman–Crippen MR) is 180 cm³/mol. The maximum absolute atomic E-state index is 14.0. The first-order valence-electron chi connectivity index (χ1n) is 14.6. The molecule has 5 N–H and O–H groups in total. The van der Waals surface area contributed by atoms with Crippen LogP contribution in [0.5, 0.6) is 0 Å². The Labute approximate surface area is 288 Å². The average Bonchev–Trinajstić information content (AvgIpc) is 3.71. The number of benzene rings is 4. The normalized spacial score (nSPS) is 10.7. The van der Waals surface area contributed by atoms with Crippen molar-refractivity contribution in [2.24, 2.45) is 0 Å². The van der Waals surface area contributed by atoms with Gasteiger partial charge in [-0.15, -0.1) is 0 Å². The quantitative estimate of drug-likeness (QED) is 0.0805. The maximum Gasteiger partial charge on any atom is 0.229 e. The average molecular weight is 719 g/mol. The van der Waals surface area contributed by atoms with Gasteiger partial charge in [-0.25, -0.2) is 36.3 Å². The van der Waals surface area contributed by atoms with Gasteiger partial charge in [-0.1, -0.05) is 12.1 Å². The van der Waals surface area contributed by atoms with Gasteiger partial charge in [0.15, 0.2) is 11.3 Å². The molecule has 4 heterocycles. The second kappa shape index (κ2) is 14.9. The van der Waals surface area contributed by atoms with Crippen LogP contribution >= 0.6 is 11.6 Å². The largest absolute Gasteiger partial charge is 0.399 e. The van der Waals surface area contributed by atoms with Crippen molar-refractivity contribution in [3.63, 3.8) is 0 Å². The van der Waals surface area contributed by atoms with Crippen LogP contribution in [-0.2, 0) is 0 Å². The molecule has 0 saturated carbocycles. The summed E-state index contributed by atoms with van der Waals surface area (Å²) in [5.74, 6) is -3.17.